The number of rotatable bonds is 0. The molecule has 1 aliphatic heterocycles. The van der Waals surface area contributed by atoms with Crippen LogP contribution in [0, 0.1) is 0 Å². The van der Waals surface area contributed by atoms with Crippen molar-refractivity contribution in [2.45, 2.75) is 26.7 Å². The van der Waals surface area contributed by atoms with E-state index in [1.54, 1.807) is 0 Å². The second kappa shape index (κ2) is 6.55. The third-order valence-electron chi connectivity index (χ3n) is 0.973. The Morgan fingerprint density at radius 2 is 2.10 bits per heavy atom. The Kier molecular flexibility index (Phi) is 6.18. The number of ether oxygens (including phenoxy) is 2. The van der Waals surface area contributed by atoms with Crippen molar-refractivity contribution in [1.82, 2.24) is 0 Å². The van der Waals surface area contributed by atoms with Gasteiger partial charge in [-0.1, -0.05) is 13.8 Å². The fourth-order valence-corrected chi connectivity index (χ4v) is 0.557. The molecule has 1 fully saturated rings. The summed E-state index contributed by atoms with van der Waals surface area (Å²) in [6.07, 6.45) is 1.29. The largest absolute Gasteiger partial charge is 0.438 e. The summed E-state index contributed by atoms with van der Waals surface area (Å²) < 4.78 is 9.36. The van der Waals surface area contributed by atoms with E-state index in [0.717, 1.165) is 6.42 Å². The normalized spacial score (nSPS) is 18.0. The molecule has 1 saturated heterocycles. The van der Waals surface area contributed by atoms with E-state index >= 15 is 0 Å². The molecule has 10 heavy (non-hydrogen) atoms. The van der Waals surface area contributed by atoms with Crippen molar-refractivity contribution in [3.8, 4) is 0 Å². The molecule has 0 unspecified atom stereocenters. The highest BCUT2D eigenvalue weighted by atomic mass is 16.7. The highest BCUT2D eigenvalue weighted by Gasteiger charge is 2.05. The maximum atomic E-state index is 10.4. The van der Waals surface area contributed by atoms with Gasteiger partial charge in [0, 0.05) is 6.42 Å². The molecule has 0 aliphatic carbocycles. The third kappa shape index (κ3) is 4.32. The molecule has 3 nitrogen and oxygen atoms in total. The van der Waals surface area contributed by atoms with Gasteiger partial charge in [0.25, 0.3) is 0 Å². The molecule has 1 rings (SSSR count). The van der Waals surface area contributed by atoms with Crippen molar-refractivity contribution in [2.24, 2.45) is 0 Å². The van der Waals surface area contributed by atoms with Crippen LogP contribution < -0.4 is 0 Å². The molecule has 0 saturated carbocycles. The van der Waals surface area contributed by atoms with Crippen LogP contribution in [0.1, 0.15) is 26.7 Å². The fraction of sp³-hybridized carbons (Fsp3) is 0.857. The average molecular weight is 146 g/mol. The number of cyclic esters (lactones) is 1. The summed E-state index contributed by atoms with van der Waals surface area (Å²) in [6.45, 7) is 4.78. The van der Waals surface area contributed by atoms with E-state index in [4.69, 9.17) is 4.74 Å². The topological polar surface area (TPSA) is 35.5 Å². The van der Waals surface area contributed by atoms with Crippen LogP contribution >= 0.6 is 0 Å². The van der Waals surface area contributed by atoms with Crippen molar-refractivity contribution in [2.75, 3.05) is 13.4 Å². The van der Waals surface area contributed by atoms with Crippen LogP contribution in [-0.2, 0) is 14.3 Å². The van der Waals surface area contributed by atoms with Gasteiger partial charge in [-0.2, -0.15) is 0 Å². The van der Waals surface area contributed by atoms with Crippen LogP contribution in [-0.4, -0.2) is 19.4 Å². The van der Waals surface area contributed by atoms with Gasteiger partial charge >= 0.3 is 5.97 Å². The lowest BCUT2D eigenvalue weighted by Gasteiger charge is -1.94. The van der Waals surface area contributed by atoms with Gasteiger partial charge in [-0.3, -0.25) is 4.79 Å². The van der Waals surface area contributed by atoms with Crippen LogP contribution in [0.2, 0.25) is 0 Å². The maximum Gasteiger partial charge on any atom is 0.307 e. The van der Waals surface area contributed by atoms with E-state index in [2.05, 4.69) is 4.74 Å². The molecular formula is C7H14O3. The quantitative estimate of drug-likeness (QED) is 0.483. The summed E-state index contributed by atoms with van der Waals surface area (Å²) in [5.41, 5.74) is 0. The zero-order valence-electron chi connectivity index (χ0n) is 6.55. The Labute approximate surface area is 61.3 Å². The van der Waals surface area contributed by atoms with Gasteiger partial charge in [0.05, 0.1) is 6.61 Å². The smallest absolute Gasteiger partial charge is 0.307 e. The Morgan fingerprint density at radius 3 is 2.80 bits per heavy atom. The molecule has 0 amide bonds. The molecule has 0 atom stereocenters. The van der Waals surface area contributed by atoms with Crippen molar-refractivity contribution >= 4 is 5.97 Å². The molecule has 0 aromatic heterocycles. The fourth-order valence-electron chi connectivity index (χ4n) is 0.557. The molecule has 1 heterocycles. The summed E-state index contributed by atoms with van der Waals surface area (Å²) in [6, 6.07) is 0. The van der Waals surface area contributed by atoms with Crippen LogP contribution in [0.5, 0.6) is 0 Å². The number of esters is 1. The number of carbonyl (C=O) groups excluding carboxylic acids is 1. The molecule has 0 N–H and O–H groups in total. The van der Waals surface area contributed by atoms with E-state index in [1.807, 2.05) is 13.8 Å². The average Bonchev–Trinajstić information content (AvgIpc) is 2.21. The van der Waals surface area contributed by atoms with E-state index in [1.165, 1.54) is 0 Å². The van der Waals surface area contributed by atoms with Gasteiger partial charge in [-0.15, -0.1) is 0 Å². The van der Waals surface area contributed by atoms with Crippen molar-refractivity contribution in [3.05, 3.63) is 0 Å². The summed E-state index contributed by atoms with van der Waals surface area (Å²) in [5.74, 6) is -0.150. The summed E-state index contributed by atoms with van der Waals surface area (Å²) in [4.78, 5) is 10.4. The molecular weight excluding hydrogens is 132 g/mol. The number of hydrogen-bond donors (Lipinski definition) is 0. The minimum absolute atomic E-state index is 0.138. The first kappa shape index (κ1) is 9.43. The molecule has 0 aromatic carbocycles. The van der Waals surface area contributed by atoms with Crippen LogP contribution in [0.4, 0.5) is 0 Å². The Morgan fingerprint density at radius 1 is 1.40 bits per heavy atom. The van der Waals surface area contributed by atoms with Crippen LogP contribution in [0.15, 0.2) is 0 Å². The maximum absolute atomic E-state index is 10.4. The Bertz CT molecular complexity index is 80.9. The van der Waals surface area contributed by atoms with E-state index in [9.17, 15) is 4.79 Å². The minimum atomic E-state index is -0.150. The Balaban J connectivity index is 0.000000371. The standard InChI is InChI=1S/C5H8O3.C2H6/c6-5-2-1-3-7-4-8-5;1-2/h1-4H2;1-2H3. The van der Waals surface area contributed by atoms with Crippen LogP contribution in [0.25, 0.3) is 0 Å². The van der Waals surface area contributed by atoms with Gasteiger partial charge in [-0.25, -0.2) is 0 Å². The first-order chi connectivity index (χ1) is 4.89. The number of hydrogen-bond acceptors (Lipinski definition) is 3. The van der Waals surface area contributed by atoms with Crippen molar-refractivity contribution < 1.29 is 14.3 Å². The SMILES string of the molecule is CC.O=C1CCCOCO1. The summed E-state index contributed by atoms with van der Waals surface area (Å²) >= 11 is 0. The monoisotopic (exact) mass is 146 g/mol. The van der Waals surface area contributed by atoms with Gasteiger partial charge in [-0.05, 0) is 6.42 Å². The van der Waals surface area contributed by atoms with Crippen LogP contribution in [0.3, 0.4) is 0 Å². The molecule has 0 radical (unpaired) electrons. The zero-order chi connectivity index (χ0) is 7.82. The van der Waals surface area contributed by atoms with Gasteiger partial charge in [0.2, 0.25) is 0 Å². The molecule has 60 valence electrons. The molecule has 3 heteroatoms. The lowest BCUT2D eigenvalue weighted by Crippen LogP contribution is -2.01. The molecule has 0 bridgehead atoms. The molecule has 0 aromatic rings. The predicted octanol–water partition coefficient (Wildman–Crippen LogP) is 1.32. The minimum Gasteiger partial charge on any atom is -0.438 e. The van der Waals surface area contributed by atoms with Crippen molar-refractivity contribution in [1.29, 1.82) is 0 Å². The van der Waals surface area contributed by atoms with Gasteiger partial charge < -0.3 is 9.47 Å². The zero-order valence-corrected chi connectivity index (χ0v) is 6.55. The van der Waals surface area contributed by atoms with E-state index in [0.29, 0.717) is 13.0 Å². The highest BCUT2D eigenvalue weighted by Crippen LogP contribution is 1.98. The second-order valence-corrected chi connectivity index (χ2v) is 1.65. The molecule has 0 spiro atoms. The second-order valence-electron chi connectivity index (χ2n) is 1.65. The highest BCUT2D eigenvalue weighted by molar-refractivity contribution is 5.69. The first-order valence-electron chi connectivity index (χ1n) is 3.63. The predicted molar refractivity (Wildman–Crippen MR) is 37.5 cm³/mol. The van der Waals surface area contributed by atoms with Crippen molar-refractivity contribution in [3.63, 3.8) is 0 Å². The summed E-state index contributed by atoms with van der Waals surface area (Å²) in [5, 5.41) is 0. The van der Waals surface area contributed by atoms with E-state index < -0.39 is 0 Å². The lowest BCUT2D eigenvalue weighted by molar-refractivity contribution is -0.151. The number of carbonyl (C=O) groups is 1. The Hall–Kier alpha value is -0.570. The van der Waals surface area contributed by atoms with Gasteiger partial charge in [0.1, 0.15) is 0 Å². The van der Waals surface area contributed by atoms with Gasteiger partial charge in [0.15, 0.2) is 6.79 Å². The third-order valence-corrected chi connectivity index (χ3v) is 0.973. The summed E-state index contributed by atoms with van der Waals surface area (Å²) in [7, 11) is 0. The first-order valence-corrected chi connectivity index (χ1v) is 3.63. The van der Waals surface area contributed by atoms with E-state index in [-0.39, 0.29) is 12.8 Å². The molecule has 1 aliphatic rings. The lowest BCUT2D eigenvalue weighted by atomic mass is 10.3.